The monoisotopic (exact) mass is 301 g/mol. The first-order chi connectivity index (χ1) is 10.6. The molecular weight excluding hydrogens is 282 g/mol. The van der Waals surface area contributed by atoms with Crippen molar-refractivity contribution >= 4 is 11.8 Å². The van der Waals surface area contributed by atoms with E-state index >= 15 is 0 Å². The summed E-state index contributed by atoms with van der Waals surface area (Å²) >= 11 is 0. The van der Waals surface area contributed by atoms with Gasteiger partial charge in [0, 0.05) is 0 Å². The van der Waals surface area contributed by atoms with Crippen LogP contribution >= 0.6 is 0 Å². The van der Waals surface area contributed by atoms with Crippen LogP contribution in [0.15, 0.2) is 36.5 Å². The van der Waals surface area contributed by atoms with E-state index in [0.717, 1.165) is 5.56 Å². The molecule has 2 amide bonds. The number of nitrogens with one attached hydrogen (secondary N) is 1. The van der Waals surface area contributed by atoms with Crippen LogP contribution in [-0.2, 0) is 6.54 Å². The van der Waals surface area contributed by atoms with Gasteiger partial charge in [-0.1, -0.05) is 42.5 Å². The summed E-state index contributed by atoms with van der Waals surface area (Å²) in [6.07, 6.45) is 2.33. The van der Waals surface area contributed by atoms with Gasteiger partial charge in [-0.3, -0.25) is 5.32 Å². The molecule has 1 aliphatic heterocycles. The first-order valence-electron chi connectivity index (χ1n) is 7.30. The molecule has 1 aromatic heterocycles. The van der Waals surface area contributed by atoms with E-state index in [4.69, 9.17) is 0 Å². The Bertz CT molecular complexity index is 649. The lowest BCUT2D eigenvalue weighted by molar-refractivity contribution is -0.0755. The Hall–Kier alpha value is -2.41. The summed E-state index contributed by atoms with van der Waals surface area (Å²) in [4.78, 5) is 13.5. The van der Waals surface area contributed by atoms with E-state index in [1.165, 1.54) is 0 Å². The minimum absolute atomic E-state index is 0.259. The lowest BCUT2D eigenvalue weighted by atomic mass is 9.92. The van der Waals surface area contributed by atoms with Crippen molar-refractivity contribution in [3.8, 4) is 0 Å². The summed E-state index contributed by atoms with van der Waals surface area (Å²) in [5, 5.41) is 20.5. The highest BCUT2D eigenvalue weighted by Crippen LogP contribution is 2.24. The van der Waals surface area contributed by atoms with Crippen LogP contribution < -0.4 is 5.32 Å². The van der Waals surface area contributed by atoms with Crippen molar-refractivity contribution in [3.05, 3.63) is 42.1 Å². The number of β-amino-alcohol motifs (C(OH)–C–C–N with tert-alkyl or cyclic N) is 1. The van der Waals surface area contributed by atoms with E-state index in [1.54, 1.807) is 15.8 Å². The highest BCUT2D eigenvalue weighted by Gasteiger charge is 2.42. The lowest BCUT2D eigenvalue weighted by Gasteiger charge is -2.45. The molecule has 7 heteroatoms. The fourth-order valence-corrected chi connectivity index (χ4v) is 2.42. The number of carbonyl (C=O) groups excluding carboxylic acids is 1. The topological polar surface area (TPSA) is 83.3 Å². The fourth-order valence-electron chi connectivity index (χ4n) is 2.42. The van der Waals surface area contributed by atoms with Crippen molar-refractivity contribution in [2.45, 2.75) is 25.5 Å². The molecule has 0 radical (unpaired) electrons. The van der Waals surface area contributed by atoms with Gasteiger partial charge >= 0.3 is 6.03 Å². The van der Waals surface area contributed by atoms with E-state index in [1.807, 2.05) is 37.3 Å². The van der Waals surface area contributed by atoms with Crippen molar-refractivity contribution in [3.63, 3.8) is 0 Å². The van der Waals surface area contributed by atoms with Crippen molar-refractivity contribution in [1.29, 1.82) is 0 Å². The molecule has 0 bridgehead atoms. The number of nitrogens with zero attached hydrogens (tertiary/aromatic N) is 4. The van der Waals surface area contributed by atoms with Crippen molar-refractivity contribution in [1.82, 2.24) is 19.9 Å². The molecule has 0 unspecified atom stereocenters. The maximum absolute atomic E-state index is 12.0. The first-order valence-corrected chi connectivity index (χ1v) is 7.30. The summed E-state index contributed by atoms with van der Waals surface area (Å²) < 4.78 is 1.67. The summed E-state index contributed by atoms with van der Waals surface area (Å²) in [6.45, 7) is 3.22. The van der Waals surface area contributed by atoms with E-state index in [-0.39, 0.29) is 6.03 Å². The third kappa shape index (κ3) is 3.09. The SMILES string of the molecule is CCC1(O)CN(C(=O)Nc2cn(Cc3ccccc3)nn2)C1. The van der Waals surface area contributed by atoms with E-state index in [2.05, 4.69) is 15.6 Å². The van der Waals surface area contributed by atoms with Crippen LogP contribution in [-0.4, -0.2) is 49.7 Å². The van der Waals surface area contributed by atoms with Crippen LogP contribution in [0.25, 0.3) is 0 Å². The maximum Gasteiger partial charge on any atom is 0.323 e. The third-order valence-electron chi connectivity index (χ3n) is 3.88. The minimum atomic E-state index is -0.734. The number of rotatable bonds is 4. The number of carbonyl (C=O) groups is 1. The number of hydrogen-bond acceptors (Lipinski definition) is 4. The molecule has 1 saturated heterocycles. The van der Waals surface area contributed by atoms with Crippen LogP contribution in [0.3, 0.4) is 0 Å². The molecule has 7 nitrogen and oxygen atoms in total. The number of hydrogen-bond donors (Lipinski definition) is 2. The standard InChI is InChI=1S/C15H19N5O2/c1-2-15(22)10-19(11-15)14(21)16-13-9-20(18-17-13)8-12-6-4-3-5-7-12/h3-7,9,22H,2,8,10-11H2,1H3,(H,16,21). The first kappa shape index (κ1) is 14.5. The van der Waals surface area contributed by atoms with Gasteiger partial charge < -0.3 is 10.0 Å². The summed E-state index contributed by atoms with van der Waals surface area (Å²) in [5.41, 5.74) is 0.378. The van der Waals surface area contributed by atoms with Gasteiger partial charge in [-0.2, -0.15) is 0 Å². The summed E-state index contributed by atoms with van der Waals surface area (Å²) in [5.74, 6) is 0.410. The second-order valence-corrected chi connectivity index (χ2v) is 5.65. The van der Waals surface area contributed by atoms with Crippen LogP contribution in [0.1, 0.15) is 18.9 Å². The largest absolute Gasteiger partial charge is 0.386 e. The molecule has 2 aromatic rings. The minimum Gasteiger partial charge on any atom is -0.386 e. The molecule has 0 saturated carbocycles. The number of aromatic nitrogens is 3. The predicted octanol–water partition coefficient (Wildman–Crippen LogP) is 1.32. The number of aliphatic hydroxyl groups is 1. The van der Waals surface area contributed by atoms with Crippen LogP contribution in [0.5, 0.6) is 0 Å². The Balaban J connectivity index is 1.55. The molecule has 1 aliphatic rings. The van der Waals surface area contributed by atoms with Crippen LogP contribution in [0.4, 0.5) is 10.6 Å². The lowest BCUT2D eigenvalue weighted by Crippen LogP contribution is -2.64. The van der Waals surface area contributed by atoms with Gasteiger partial charge in [0.2, 0.25) is 0 Å². The van der Waals surface area contributed by atoms with E-state index in [0.29, 0.717) is 31.9 Å². The Labute approximate surface area is 128 Å². The second-order valence-electron chi connectivity index (χ2n) is 5.65. The highest BCUT2D eigenvalue weighted by molar-refractivity contribution is 5.88. The predicted molar refractivity (Wildman–Crippen MR) is 81.4 cm³/mol. The zero-order valence-corrected chi connectivity index (χ0v) is 12.4. The quantitative estimate of drug-likeness (QED) is 0.892. The number of urea groups is 1. The van der Waals surface area contributed by atoms with Gasteiger partial charge in [-0.05, 0) is 12.0 Å². The second kappa shape index (κ2) is 5.76. The molecule has 22 heavy (non-hydrogen) atoms. The Morgan fingerprint density at radius 3 is 2.77 bits per heavy atom. The zero-order valence-electron chi connectivity index (χ0n) is 12.4. The zero-order chi connectivity index (χ0) is 15.6. The summed E-state index contributed by atoms with van der Waals surface area (Å²) in [6, 6.07) is 9.64. The smallest absolute Gasteiger partial charge is 0.323 e. The molecule has 1 fully saturated rings. The van der Waals surface area contributed by atoms with Gasteiger partial charge in [0.05, 0.1) is 31.4 Å². The molecule has 0 atom stereocenters. The van der Waals surface area contributed by atoms with Crippen LogP contribution in [0.2, 0.25) is 0 Å². The van der Waals surface area contributed by atoms with Crippen molar-refractivity contribution in [2.24, 2.45) is 0 Å². The average molecular weight is 301 g/mol. The average Bonchev–Trinajstić information content (AvgIpc) is 2.92. The van der Waals surface area contributed by atoms with Gasteiger partial charge in [0.15, 0.2) is 5.82 Å². The Morgan fingerprint density at radius 2 is 2.09 bits per heavy atom. The molecule has 116 valence electrons. The number of likely N-dealkylation sites (tertiary alicyclic amines) is 1. The summed E-state index contributed by atoms with van der Waals surface area (Å²) in [7, 11) is 0. The molecule has 3 rings (SSSR count). The normalized spacial score (nSPS) is 16.2. The number of anilines is 1. The van der Waals surface area contributed by atoms with Gasteiger partial charge in [-0.15, -0.1) is 5.10 Å². The molecule has 2 N–H and O–H groups in total. The maximum atomic E-state index is 12.0. The van der Waals surface area contributed by atoms with Crippen LogP contribution in [0, 0.1) is 0 Å². The van der Waals surface area contributed by atoms with Crippen molar-refractivity contribution < 1.29 is 9.90 Å². The molecule has 0 aliphatic carbocycles. The van der Waals surface area contributed by atoms with Gasteiger partial charge in [-0.25, -0.2) is 9.48 Å². The molecular formula is C15H19N5O2. The number of amides is 2. The highest BCUT2D eigenvalue weighted by atomic mass is 16.3. The Morgan fingerprint density at radius 1 is 1.36 bits per heavy atom. The van der Waals surface area contributed by atoms with E-state index in [9.17, 15) is 9.90 Å². The van der Waals surface area contributed by atoms with Crippen molar-refractivity contribution in [2.75, 3.05) is 18.4 Å². The van der Waals surface area contributed by atoms with Gasteiger partial charge in [0.25, 0.3) is 0 Å². The third-order valence-corrected chi connectivity index (χ3v) is 3.88. The molecule has 0 spiro atoms. The Kier molecular flexibility index (Phi) is 3.81. The molecule has 1 aromatic carbocycles. The number of benzene rings is 1. The fraction of sp³-hybridized carbons (Fsp3) is 0.400. The molecule has 2 heterocycles. The van der Waals surface area contributed by atoms with E-state index < -0.39 is 5.60 Å². The van der Waals surface area contributed by atoms with Gasteiger partial charge in [0.1, 0.15) is 0 Å².